The fourth-order valence-corrected chi connectivity index (χ4v) is 2.10. The highest BCUT2D eigenvalue weighted by atomic mass is 16.2. The molecule has 108 valence electrons. The van der Waals surface area contributed by atoms with Crippen molar-refractivity contribution in [3.8, 4) is 0 Å². The normalized spacial score (nSPS) is 10.0. The summed E-state index contributed by atoms with van der Waals surface area (Å²) in [7, 11) is 1.56. The summed E-state index contributed by atoms with van der Waals surface area (Å²) in [4.78, 5) is 23.9. The van der Waals surface area contributed by atoms with Crippen molar-refractivity contribution in [2.75, 3.05) is 12.4 Å². The first-order valence-electron chi connectivity index (χ1n) is 6.77. The van der Waals surface area contributed by atoms with Gasteiger partial charge in [0.25, 0.3) is 5.91 Å². The van der Waals surface area contributed by atoms with Crippen LogP contribution in [0.4, 0.5) is 5.69 Å². The lowest BCUT2D eigenvalue weighted by atomic mass is 10.1. The van der Waals surface area contributed by atoms with Crippen LogP contribution in [0.1, 0.15) is 21.5 Å². The highest BCUT2D eigenvalue weighted by molar-refractivity contribution is 6.03. The standard InChI is InChI=1S/C17H18N2O2/c1-12-7-3-4-8-13(12)11-16(20)19-15-10-6-5-9-14(15)17(21)18-2/h3-10H,11H2,1-2H3,(H,18,21)(H,19,20). The van der Waals surface area contributed by atoms with Crippen LogP contribution in [0, 0.1) is 6.92 Å². The predicted molar refractivity (Wildman–Crippen MR) is 83.3 cm³/mol. The second kappa shape index (κ2) is 6.70. The summed E-state index contributed by atoms with van der Waals surface area (Å²) in [5.74, 6) is -0.359. The number of anilines is 1. The first kappa shape index (κ1) is 14.8. The van der Waals surface area contributed by atoms with Gasteiger partial charge in [-0.3, -0.25) is 9.59 Å². The minimum atomic E-state index is -0.221. The highest BCUT2D eigenvalue weighted by Gasteiger charge is 2.12. The average Bonchev–Trinajstić information content (AvgIpc) is 2.49. The Bertz CT molecular complexity index is 665. The Morgan fingerprint density at radius 1 is 1.00 bits per heavy atom. The summed E-state index contributed by atoms with van der Waals surface area (Å²) in [6, 6.07) is 14.7. The first-order valence-corrected chi connectivity index (χ1v) is 6.77. The topological polar surface area (TPSA) is 58.2 Å². The molecule has 2 amide bonds. The molecule has 0 fully saturated rings. The number of hydrogen-bond acceptors (Lipinski definition) is 2. The minimum Gasteiger partial charge on any atom is -0.355 e. The summed E-state index contributed by atoms with van der Waals surface area (Å²) in [6.07, 6.45) is 0.286. The van der Waals surface area contributed by atoms with Crippen molar-refractivity contribution in [1.29, 1.82) is 0 Å². The molecule has 0 aliphatic rings. The molecule has 0 atom stereocenters. The lowest BCUT2D eigenvalue weighted by Gasteiger charge is -2.11. The third-order valence-corrected chi connectivity index (χ3v) is 3.29. The number of nitrogens with one attached hydrogen (secondary N) is 2. The van der Waals surface area contributed by atoms with E-state index < -0.39 is 0 Å². The van der Waals surface area contributed by atoms with Crippen LogP contribution in [0.5, 0.6) is 0 Å². The minimum absolute atomic E-state index is 0.138. The van der Waals surface area contributed by atoms with E-state index >= 15 is 0 Å². The van der Waals surface area contributed by atoms with Crippen molar-refractivity contribution in [3.63, 3.8) is 0 Å². The van der Waals surface area contributed by atoms with Gasteiger partial charge >= 0.3 is 0 Å². The second-order valence-electron chi connectivity index (χ2n) is 4.78. The smallest absolute Gasteiger partial charge is 0.253 e. The number of carbonyl (C=O) groups excluding carboxylic acids is 2. The van der Waals surface area contributed by atoms with Crippen molar-refractivity contribution >= 4 is 17.5 Å². The van der Waals surface area contributed by atoms with Crippen LogP contribution in [0.15, 0.2) is 48.5 Å². The molecule has 21 heavy (non-hydrogen) atoms. The van der Waals surface area contributed by atoms with Crippen LogP contribution in [0.3, 0.4) is 0 Å². The van der Waals surface area contributed by atoms with E-state index in [1.807, 2.05) is 31.2 Å². The maximum atomic E-state index is 12.2. The van der Waals surface area contributed by atoms with Crippen molar-refractivity contribution in [3.05, 3.63) is 65.2 Å². The molecule has 2 rings (SSSR count). The number of aryl methyl sites for hydroxylation is 1. The fraction of sp³-hybridized carbons (Fsp3) is 0.176. The van der Waals surface area contributed by atoms with Crippen molar-refractivity contribution in [2.24, 2.45) is 0 Å². The molecule has 0 aromatic heterocycles. The number of amides is 2. The summed E-state index contributed by atoms with van der Waals surface area (Å²) >= 11 is 0. The number of benzene rings is 2. The van der Waals surface area contributed by atoms with Crippen LogP contribution in [-0.4, -0.2) is 18.9 Å². The number of carbonyl (C=O) groups is 2. The van der Waals surface area contributed by atoms with Gasteiger partial charge < -0.3 is 10.6 Å². The van der Waals surface area contributed by atoms with E-state index in [1.165, 1.54) is 0 Å². The van der Waals surface area contributed by atoms with E-state index in [0.717, 1.165) is 11.1 Å². The van der Waals surface area contributed by atoms with Crippen LogP contribution in [0.25, 0.3) is 0 Å². The maximum absolute atomic E-state index is 12.2. The van der Waals surface area contributed by atoms with Gasteiger partial charge in [-0.1, -0.05) is 36.4 Å². The van der Waals surface area contributed by atoms with E-state index in [0.29, 0.717) is 11.3 Å². The molecule has 2 aromatic carbocycles. The molecular formula is C17H18N2O2. The van der Waals surface area contributed by atoms with Crippen LogP contribution < -0.4 is 10.6 Å². The zero-order valence-corrected chi connectivity index (χ0v) is 12.1. The van der Waals surface area contributed by atoms with Gasteiger partial charge in [0.1, 0.15) is 0 Å². The molecule has 0 radical (unpaired) electrons. The molecule has 2 aromatic rings. The molecule has 0 heterocycles. The summed E-state index contributed by atoms with van der Waals surface area (Å²) in [6.45, 7) is 1.97. The molecule has 0 saturated carbocycles. The molecule has 0 aliphatic heterocycles. The van der Waals surface area contributed by atoms with Crippen molar-refractivity contribution in [2.45, 2.75) is 13.3 Å². The fourth-order valence-electron chi connectivity index (χ4n) is 2.10. The molecular weight excluding hydrogens is 264 g/mol. The van der Waals surface area contributed by atoms with E-state index in [-0.39, 0.29) is 18.2 Å². The Hall–Kier alpha value is -2.62. The van der Waals surface area contributed by atoms with Crippen LogP contribution >= 0.6 is 0 Å². The van der Waals surface area contributed by atoms with Gasteiger partial charge in [0.2, 0.25) is 5.91 Å². The van der Waals surface area contributed by atoms with E-state index in [1.54, 1.807) is 31.3 Å². The molecule has 4 heteroatoms. The van der Waals surface area contributed by atoms with E-state index in [4.69, 9.17) is 0 Å². The quantitative estimate of drug-likeness (QED) is 0.905. The number of hydrogen-bond donors (Lipinski definition) is 2. The Balaban J connectivity index is 2.14. The Morgan fingerprint density at radius 3 is 2.38 bits per heavy atom. The first-order chi connectivity index (χ1) is 10.1. The molecule has 0 spiro atoms. The molecule has 0 unspecified atom stereocenters. The molecule has 0 bridgehead atoms. The summed E-state index contributed by atoms with van der Waals surface area (Å²) in [5.41, 5.74) is 3.04. The lowest BCUT2D eigenvalue weighted by molar-refractivity contribution is -0.115. The lowest BCUT2D eigenvalue weighted by Crippen LogP contribution is -2.22. The number of rotatable bonds is 4. The Kier molecular flexibility index (Phi) is 4.72. The summed E-state index contributed by atoms with van der Waals surface area (Å²) in [5, 5.41) is 5.37. The summed E-state index contributed by atoms with van der Waals surface area (Å²) < 4.78 is 0. The third-order valence-electron chi connectivity index (χ3n) is 3.29. The predicted octanol–water partition coefficient (Wildman–Crippen LogP) is 2.54. The zero-order valence-electron chi connectivity index (χ0n) is 12.1. The number of para-hydroxylation sites is 1. The molecule has 0 aliphatic carbocycles. The van der Waals surface area contributed by atoms with Gasteiger partial charge in [0.15, 0.2) is 0 Å². The van der Waals surface area contributed by atoms with E-state index in [9.17, 15) is 9.59 Å². The van der Waals surface area contributed by atoms with Crippen molar-refractivity contribution < 1.29 is 9.59 Å². The highest BCUT2D eigenvalue weighted by Crippen LogP contribution is 2.16. The Labute approximate surface area is 124 Å². The largest absolute Gasteiger partial charge is 0.355 e. The van der Waals surface area contributed by atoms with Crippen molar-refractivity contribution in [1.82, 2.24) is 5.32 Å². The van der Waals surface area contributed by atoms with E-state index in [2.05, 4.69) is 10.6 Å². The molecule has 2 N–H and O–H groups in total. The van der Waals surface area contributed by atoms with Gasteiger partial charge in [-0.25, -0.2) is 0 Å². The average molecular weight is 282 g/mol. The Morgan fingerprint density at radius 2 is 1.67 bits per heavy atom. The van der Waals surface area contributed by atoms with Gasteiger partial charge in [-0.05, 0) is 30.2 Å². The zero-order chi connectivity index (χ0) is 15.2. The monoisotopic (exact) mass is 282 g/mol. The maximum Gasteiger partial charge on any atom is 0.253 e. The van der Waals surface area contributed by atoms with Gasteiger partial charge in [0.05, 0.1) is 17.7 Å². The molecule has 4 nitrogen and oxygen atoms in total. The second-order valence-corrected chi connectivity index (χ2v) is 4.78. The van der Waals surface area contributed by atoms with Gasteiger partial charge in [0, 0.05) is 7.05 Å². The van der Waals surface area contributed by atoms with Crippen LogP contribution in [0.2, 0.25) is 0 Å². The van der Waals surface area contributed by atoms with Crippen LogP contribution in [-0.2, 0) is 11.2 Å². The third kappa shape index (κ3) is 3.69. The SMILES string of the molecule is CNC(=O)c1ccccc1NC(=O)Cc1ccccc1C. The molecule has 0 saturated heterocycles. The van der Waals surface area contributed by atoms with Gasteiger partial charge in [-0.2, -0.15) is 0 Å². The van der Waals surface area contributed by atoms with Gasteiger partial charge in [-0.15, -0.1) is 0 Å².